The molecule has 2 aromatic heterocycles. The number of carbonyl (C=O) groups is 1. The van der Waals surface area contributed by atoms with Gasteiger partial charge in [0, 0.05) is 11.1 Å². The summed E-state index contributed by atoms with van der Waals surface area (Å²) in [4.78, 5) is 32.6. The lowest BCUT2D eigenvalue weighted by Gasteiger charge is -2.16. The summed E-state index contributed by atoms with van der Waals surface area (Å²) in [5.41, 5.74) is 2.58. The molecular formula is C28H23N3O2S2. The van der Waals surface area contributed by atoms with Crippen molar-refractivity contribution in [2.45, 2.75) is 36.1 Å². The van der Waals surface area contributed by atoms with Crippen molar-refractivity contribution in [3.05, 3.63) is 94.1 Å². The van der Waals surface area contributed by atoms with Crippen LogP contribution in [0.5, 0.6) is 0 Å². The number of hydrogen-bond acceptors (Lipinski definition) is 5. The Balaban J connectivity index is 1.37. The van der Waals surface area contributed by atoms with Crippen molar-refractivity contribution < 1.29 is 4.79 Å². The average Bonchev–Trinajstić information content (AvgIpc) is 3.64. The number of aromatic nitrogens is 2. The Hall–Kier alpha value is -3.42. The minimum atomic E-state index is -0.462. The molecule has 6 rings (SSSR count). The van der Waals surface area contributed by atoms with Gasteiger partial charge in [0.1, 0.15) is 4.83 Å². The molecule has 0 bridgehead atoms. The summed E-state index contributed by atoms with van der Waals surface area (Å²) in [5, 5.41) is 8.00. The molecule has 0 spiro atoms. The second kappa shape index (κ2) is 8.98. The molecule has 1 N–H and O–H groups in total. The van der Waals surface area contributed by atoms with Crippen LogP contribution < -0.4 is 10.9 Å². The number of thioether (sulfide) groups is 1. The third-order valence-electron chi connectivity index (χ3n) is 6.34. The van der Waals surface area contributed by atoms with Gasteiger partial charge in [0.05, 0.1) is 16.3 Å². The third-order valence-corrected chi connectivity index (χ3v) is 8.28. The molecule has 1 aliphatic carbocycles. The van der Waals surface area contributed by atoms with Crippen LogP contribution >= 0.6 is 23.1 Å². The molecule has 0 saturated heterocycles. The highest BCUT2D eigenvalue weighted by atomic mass is 32.2. The quantitative estimate of drug-likeness (QED) is 0.212. The number of rotatable bonds is 6. The first-order chi connectivity index (χ1) is 17.1. The predicted molar refractivity (Wildman–Crippen MR) is 145 cm³/mol. The zero-order valence-corrected chi connectivity index (χ0v) is 20.7. The number of benzene rings is 3. The number of nitrogens with zero attached hydrogens (tertiary/aromatic N) is 2. The van der Waals surface area contributed by atoms with Crippen molar-refractivity contribution in [1.82, 2.24) is 9.55 Å². The van der Waals surface area contributed by atoms with Crippen LogP contribution in [0.4, 0.5) is 5.69 Å². The first-order valence-electron chi connectivity index (χ1n) is 11.6. The molecule has 1 aliphatic rings. The van der Waals surface area contributed by atoms with Gasteiger partial charge in [-0.1, -0.05) is 66.4 Å². The number of hydrogen-bond donors (Lipinski definition) is 1. The summed E-state index contributed by atoms with van der Waals surface area (Å²) in [6.07, 6.45) is 2.25. The monoisotopic (exact) mass is 497 g/mol. The minimum absolute atomic E-state index is 0.0616. The Bertz CT molecular complexity index is 1620. The zero-order chi connectivity index (χ0) is 23.9. The zero-order valence-electron chi connectivity index (χ0n) is 19.1. The first-order valence-corrected chi connectivity index (χ1v) is 13.4. The fourth-order valence-corrected chi connectivity index (χ4v) is 6.34. The average molecular weight is 498 g/mol. The standard InChI is InChI=1S/C28H23N3O2S2/c1-17(25(32)29-23-13-7-9-18-8-5-6-12-21(18)23)35-28-30-26-24(22(16-34-26)19-14-15-19)27(33)31(28)20-10-3-2-4-11-20/h2-13,16-17,19H,14-15H2,1H3,(H,29,32)/t17-/m0/s1. The van der Waals surface area contributed by atoms with Crippen LogP contribution in [0.15, 0.2) is 88.1 Å². The Morgan fingerprint density at radius 2 is 1.80 bits per heavy atom. The maximum Gasteiger partial charge on any atom is 0.267 e. The van der Waals surface area contributed by atoms with Gasteiger partial charge in [-0.25, -0.2) is 4.98 Å². The minimum Gasteiger partial charge on any atom is -0.325 e. The van der Waals surface area contributed by atoms with Crippen molar-refractivity contribution >= 4 is 55.7 Å². The van der Waals surface area contributed by atoms with Gasteiger partial charge in [-0.15, -0.1) is 11.3 Å². The van der Waals surface area contributed by atoms with E-state index in [0.717, 1.165) is 50.8 Å². The number of amides is 1. The van der Waals surface area contributed by atoms with Crippen molar-refractivity contribution in [2.24, 2.45) is 0 Å². The van der Waals surface area contributed by atoms with E-state index in [0.29, 0.717) is 11.1 Å². The number of anilines is 1. The number of thiophene rings is 1. The summed E-state index contributed by atoms with van der Waals surface area (Å²) in [7, 11) is 0. The van der Waals surface area contributed by atoms with E-state index in [4.69, 9.17) is 4.98 Å². The Kier molecular flexibility index (Phi) is 5.66. The fourth-order valence-electron chi connectivity index (χ4n) is 4.35. The van der Waals surface area contributed by atoms with Crippen molar-refractivity contribution in [3.8, 4) is 5.69 Å². The second-order valence-corrected chi connectivity index (χ2v) is 11.0. The van der Waals surface area contributed by atoms with E-state index < -0.39 is 5.25 Å². The molecule has 2 heterocycles. The Morgan fingerprint density at radius 1 is 1.06 bits per heavy atom. The van der Waals surface area contributed by atoms with Crippen LogP contribution in [0.1, 0.15) is 31.2 Å². The van der Waals surface area contributed by atoms with Crippen LogP contribution in [-0.2, 0) is 4.79 Å². The van der Waals surface area contributed by atoms with Crippen molar-refractivity contribution in [2.75, 3.05) is 5.32 Å². The van der Waals surface area contributed by atoms with Gasteiger partial charge < -0.3 is 5.32 Å². The molecular weight excluding hydrogens is 474 g/mol. The predicted octanol–water partition coefficient (Wildman–Crippen LogP) is 6.60. The molecule has 0 unspecified atom stereocenters. The molecule has 1 amide bonds. The third kappa shape index (κ3) is 4.15. The van der Waals surface area contributed by atoms with E-state index in [2.05, 4.69) is 10.7 Å². The molecule has 3 aromatic carbocycles. The largest absolute Gasteiger partial charge is 0.325 e. The van der Waals surface area contributed by atoms with Crippen LogP contribution in [0.2, 0.25) is 0 Å². The molecule has 35 heavy (non-hydrogen) atoms. The van der Waals surface area contributed by atoms with Gasteiger partial charge in [0.15, 0.2) is 5.16 Å². The van der Waals surface area contributed by atoms with E-state index >= 15 is 0 Å². The van der Waals surface area contributed by atoms with Crippen LogP contribution in [0.3, 0.4) is 0 Å². The molecule has 1 saturated carbocycles. The van der Waals surface area contributed by atoms with Gasteiger partial charge in [0.2, 0.25) is 5.91 Å². The molecule has 1 fully saturated rings. The maximum absolute atomic E-state index is 13.8. The highest BCUT2D eigenvalue weighted by Gasteiger charge is 2.29. The lowest BCUT2D eigenvalue weighted by atomic mass is 10.1. The number of nitrogens with one attached hydrogen (secondary N) is 1. The highest BCUT2D eigenvalue weighted by molar-refractivity contribution is 8.00. The van der Waals surface area contributed by atoms with Crippen LogP contribution in [-0.4, -0.2) is 20.7 Å². The Morgan fingerprint density at radius 3 is 2.60 bits per heavy atom. The summed E-state index contributed by atoms with van der Waals surface area (Å²) in [5.74, 6) is 0.330. The van der Waals surface area contributed by atoms with Gasteiger partial charge in [0.25, 0.3) is 5.56 Å². The maximum atomic E-state index is 13.8. The first kappa shape index (κ1) is 22.1. The molecule has 0 aliphatic heterocycles. The highest BCUT2D eigenvalue weighted by Crippen LogP contribution is 2.44. The SMILES string of the molecule is C[C@H](Sc1nc2scc(C3CC3)c2c(=O)n1-c1ccccc1)C(=O)Nc1cccc2ccccc12. The lowest BCUT2D eigenvalue weighted by Crippen LogP contribution is -2.26. The Labute approximate surface area is 210 Å². The van der Waals surface area contributed by atoms with Gasteiger partial charge in [-0.3, -0.25) is 14.2 Å². The number of para-hydroxylation sites is 1. The number of carbonyl (C=O) groups excluding carboxylic acids is 1. The summed E-state index contributed by atoms with van der Waals surface area (Å²) in [6.45, 7) is 1.85. The van der Waals surface area contributed by atoms with Crippen LogP contribution in [0.25, 0.3) is 26.7 Å². The van der Waals surface area contributed by atoms with Gasteiger partial charge >= 0.3 is 0 Å². The van der Waals surface area contributed by atoms with E-state index in [1.807, 2.05) is 79.7 Å². The summed E-state index contributed by atoms with van der Waals surface area (Å²) in [6, 6.07) is 23.4. The fraction of sp³-hybridized carbons (Fsp3) is 0.179. The van der Waals surface area contributed by atoms with Crippen LogP contribution in [0, 0.1) is 0 Å². The van der Waals surface area contributed by atoms with E-state index in [1.54, 1.807) is 4.57 Å². The molecule has 5 nitrogen and oxygen atoms in total. The van der Waals surface area contributed by atoms with E-state index in [9.17, 15) is 9.59 Å². The smallest absolute Gasteiger partial charge is 0.267 e. The van der Waals surface area contributed by atoms with Crippen molar-refractivity contribution in [3.63, 3.8) is 0 Å². The molecule has 5 aromatic rings. The number of fused-ring (bicyclic) bond motifs is 2. The second-order valence-electron chi connectivity index (χ2n) is 8.79. The molecule has 0 radical (unpaired) electrons. The van der Waals surface area contributed by atoms with E-state index in [1.165, 1.54) is 23.1 Å². The van der Waals surface area contributed by atoms with Gasteiger partial charge in [-0.05, 0) is 60.2 Å². The van der Waals surface area contributed by atoms with Crippen molar-refractivity contribution in [1.29, 1.82) is 0 Å². The summed E-state index contributed by atoms with van der Waals surface area (Å²) >= 11 is 2.82. The normalized spacial score (nSPS) is 14.3. The summed E-state index contributed by atoms with van der Waals surface area (Å²) < 4.78 is 1.66. The molecule has 7 heteroatoms. The topological polar surface area (TPSA) is 64.0 Å². The molecule has 1 atom stereocenters. The van der Waals surface area contributed by atoms with E-state index in [-0.39, 0.29) is 11.5 Å². The van der Waals surface area contributed by atoms with Gasteiger partial charge in [-0.2, -0.15) is 0 Å². The lowest BCUT2D eigenvalue weighted by molar-refractivity contribution is -0.115. The molecule has 174 valence electrons.